The van der Waals surface area contributed by atoms with Crippen molar-refractivity contribution in [2.24, 2.45) is 5.92 Å². The second-order valence-corrected chi connectivity index (χ2v) is 9.09. The molecule has 0 radical (unpaired) electrons. The summed E-state index contributed by atoms with van der Waals surface area (Å²) >= 11 is 5.99. The van der Waals surface area contributed by atoms with Crippen molar-refractivity contribution in [1.29, 1.82) is 0 Å². The third-order valence-electron chi connectivity index (χ3n) is 6.50. The lowest BCUT2D eigenvalue weighted by molar-refractivity contribution is -0.126. The van der Waals surface area contributed by atoms with Gasteiger partial charge in [0, 0.05) is 30.2 Å². The van der Waals surface area contributed by atoms with Crippen LogP contribution in [0.1, 0.15) is 46.4 Å². The molecule has 0 bridgehead atoms. The Morgan fingerprint density at radius 2 is 1.88 bits per heavy atom. The fraction of sp³-hybridized carbons (Fsp3) is 0.360. The third kappa shape index (κ3) is 4.83. The summed E-state index contributed by atoms with van der Waals surface area (Å²) in [5.41, 5.74) is 3.10. The molecular formula is C25H26ClN5O3. The van der Waals surface area contributed by atoms with Gasteiger partial charge >= 0.3 is 0 Å². The molecule has 8 nitrogen and oxygen atoms in total. The van der Waals surface area contributed by atoms with Crippen LogP contribution in [-0.2, 0) is 29.2 Å². The van der Waals surface area contributed by atoms with E-state index in [2.05, 4.69) is 15.3 Å². The van der Waals surface area contributed by atoms with Gasteiger partial charge in [0.05, 0.1) is 37.4 Å². The highest BCUT2D eigenvalue weighted by atomic mass is 35.5. The van der Waals surface area contributed by atoms with E-state index in [1.165, 1.54) is 0 Å². The summed E-state index contributed by atoms with van der Waals surface area (Å²) in [6.07, 6.45) is 4.58. The number of amides is 2. The minimum atomic E-state index is -0.109. The van der Waals surface area contributed by atoms with E-state index in [4.69, 9.17) is 16.3 Å². The number of nitrogens with one attached hydrogen (secondary N) is 1. The predicted molar refractivity (Wildman–Crippen MR) is 126 cm³/mol. The molecule has 2 amide bonds. The van der Waals surface area contributed by atoms with Crippen LogP contribution in [0.5, 0.6) is 0 Å². The Hall–Kier alpha value is -3.23. The van der Waals surface area contributed by atoms with Crippen LogP contribution in [0.2, 0.25) is 5.02 Å². The maximum absolute atomic E-state index is 13.2. The Kier molecular flexibility index (Phi) is 6.60. The van der Waals surface area contributed by atoms with E-state index in [9.17, 15) is 9.59 Å². The number of aromatic nitrogens is 3. The van der Waals surface area contributed by atoms with Gasteiger partial charge in [0.25, 0.3) is 5.91 Å². The molecule has 1 unspecified atom stereocenters. The molecule has 1 atom stereocenters. The van der Waals surface area contributed by atoms with Crippen molar-refractivity contribution in [3.8, 4) is 0 Å². The number of likely N-dealkylation sites (tertiary alicyclic amines) is 1. The van der Waals surface area contributed by atoms with Crippen molar-refractivity contribution >= 4 is 23.4 Å². The highest BCUT2D eigenvalue weighted by Gasteiger charge is 2.32. The van der Waals surface area contributed by atoms with Crippen LogP contribution in [0.4, 0.5) is 0 Å². The van der Waals surface area contributed by atoms with Crippen LogP contribution < -0.4 is 5.32 Å². The zero-order valence-corrected chi connectivity index (χ0v) is 19.4. The average molecular weight is 480 g/mol. The number of carbonyl (C=O) groups excluding carboxylic acids is 2. The third-order valence-corrected chi connectivity index (χ3v) is 6.75. The Balaban J connectivity index is 1.16. The summed E-state index contributed by atoms with van der Waals surface area (Å²) in [7, 11) is 0. The Morgan fingerprint density at radius 1 is 1.09 bits per heavy atom. The standard InChI is InChI=1S/C25H26ClN5O3/c26-19-6-4-17(5-7-19)22-14-31-16-29-23(21(31)15-34-22)25(33)30-11-8-18(9-12-30)24(32)28-13-20-3-1-2-10-27-20/h1-7,10,16,18,22H,8-9,11-15H2,(H,28,32). The lowest BCUT2D eigenvalue weighted by Crippen LogP contribution is -2.43. The molecule has 0 spiro atoms. The van der Waals surface area contributed by atoms with Crippen molar-refractivity contribution in [3.05, 3.63) is 82.7 Å². The number of fused-ring (bicyclic) bond motifs is 1. The Bertz CT molecular complexity index is 1160. The summed E-state index contributed by atoms with van der Waals surface area (Å²) in [5, 5.41) is 3.64. The van der Waals surface area contributed by atoms with Crippen molar-refractivity contribution < 1.29 is 14.3 Å². The normalized spacial score (nSPS) is 18.4. The summed E-state index contributed by atoms with van der Waals surface area (Å²) in [6, 6.07) is 13.2. The largest absolute Gasteiger partial charge is 0.365 e. The molecule has 1 saturated heterocycles. The number of hydrogen-bond donors (Lipinski definition) is 1. The number of halogens is 1. The van der Waals surface area contributed by atoms with Gasteiger partial charge < -0.3 is 19.5 Å². The number of piperidine rings is 1. The number of carbonyl (C=O) groups is 2. The van der Waals surface area contributed by atoms with Crippen molar-refractivity contribution in [2.75, 3.05) is 13.1 Å². The molecule has 34 heavy (non-hydrogen) atoms. The molecule has 176 valence electrons. The monoisotopic (exact) mass is 479 g/mol. The van der Waals surface area contributed by atoms with E-state index in [-0.39, 0.29) is 23.8 Å². The molecule has 1 fully saturated rings. The van der Waals surface area contributed by atoms with Crippen molar-refractivity contribution in [2.45, 2.75) is 38.6 Å². The van der Waals surface area contributed by atoms with Crippen molar-refractivity contribution in [3.63, 3.8) is 0 Å². The van der Waals surface area contributed by atoms with Gasteiger partial charge in [0.15, 0.2) is 5.69 Å². The van der Waals surface area contributed by atoms with Crippen LogP contribution in [0.25, 0.3) is 0 Å². The molecule has 2 aromatic heterocycles. The van der Waals surface area contributed by atoms with Gasteiger partial charge in [0.1, 0.15) is 6.10 Å². The summed E-state index contributed by atoms with van der Waals surface area (Å²) in [4.78, 5) is 36.2. The molecule has 5 rings (SSSR count). The lowest BCUT2D eigenvalue weighted by Gasteiger charge is -2.31. The lowest BCUT2D eigenvalue weighted by atomic mass is 9.95. The van der Waals surface area contributed by atoms with Gasteiger partial charge in [-0.2, -0.15) is 0 Å². The van der Waals surface area contributed by atoms with E-state index < -0.39 is 0 Å². The van der Waals surface area contributed by atoms with Crippen LogP contribution in [-0.4, -0.2) is 44.3 Å². The number of pyridine rings is 1. The van der Waals surface area contributed by atoms with E-state index in [0.717, 1.165) is 17.0 Å². The molecule has 4 heterocycles. The molecule has 9 heteroatoms. The minimum absolute atomic E-state index is 0.0127. The molecule has 1 aromatic carbocycles. The summed E-state index contributed by atoms with van der Waals surface area (Å²) < 4.78 is 8.04. The number of nitrogens with zero attached hydrogens (tertiary/aromatic N) is 4. The van der Waals surface area contributed by atoms with Crippen LogP contribution in [0, 0.1) is 5.92 Å². The van der Waals surface area contributed by atoms with E-state index in [1.807, 2.05) is 47.0 Å². The maximum atomic E-state index is 13.2. The fourth-order valence-corrected chi connectivity index (χ4v) is 4.63. The first kappa shape index (κ1) is 22.6. The van der Waals surface area contributed by atoms with E-state index in [0.29, 0.717) is 56.3 Å². The summed E-state index contributed by atoms with van der Waals surface area (Å²) in [6.45, 7) is 2.38. The highest BCUT2D eigenvalue weighted by molar-refractivity contribution is 6.30. The molecule has 1 N–H and O–H groups in total. The minimum Gasteiger partial charge on any atom is -0.365 e. The Labute approximate surface area is 202 Å². The molecule has 2 aliphatic rings. The quantitative estimate of drug-likeness (QED) is 0.606. The first-order valence-electron chi connectivity index (χ1n) is 11.5. The van der Waals surface area contributed by atoms with E-state index in [1.54, 1.807) is 17.4 Å². The summed E-state index contributed by atoms with van der Waals surface area (Å²) in [5.74, 6) is -0.194. The first-order valence-corrected chi connectivity index (χ1v) is 11.8. The first-order chi connectivity index (χ1) is 16.6. The molecule has 0 aliphatic carbocycles. The van der Waals surface area contributed by atoms with Gasteiger partial charge in [-0.1, -0.05) is 29.8 Å². The molecule has 2 aliphatic heterocycles. The smallest absolute Gasteiger partial charge is 0.274 e. The molecule has 3 aromatic rings. The van der Waals surface area contributed by atoms with Gasteiger partial charge in [0.2, 0.25) is 5.91 Å². The number of imidazole rings is 1. The van der Waals surface area contributed by atoms with Crippen LogP contribution in [0.15, 0.2) is 55.0 Å². The van der Waals surface area contributed by atoms with Crippen LogP contribution >= 0.6 is 11.6 Å². The Morgan fingerprint density at radius 3 is 2.62 bits per heavy atom. The zero-order chi connectivity index (χ0) is 23.5. The number of hydrogen-bond acceptors (Lipinski definition) is 5. The topological polar surface area (TPSA) is 89.4 Å². The number of benzene rings is 1. The van der Waals surface area contributed by atoms with Gasteiger partial charge in [-0.05, 0) is 42.7 Å². The maximum Gasteiger partial charge on any atom is 0.274 e. The van der Waals surface area contributed by atoms with Gasteiger partial charge in [-0.25, -0.2) is 4.98 Å². The average Bonchev–Trinajstić information content (AvgIpc) is 3.31. The molecule has 0 saturated carbocycles. The van der Waals surface area contributed by atoms with Gasteiger partial charge in [-0.15, -0.1) is 0 Å². The predicted octanol–water partition coefficient (Wildman–Crippen LogP) is 3.37. The molecular weight excluding hydrogens is 454 g/mol. The van der Waals surface area contributed by atoms with Gasteiger partial charge in [-0.3, -0.25) is 14.6 Å². The second-order valence-electron chi connectivity index (χ2n) is 8.65. The zero-order valence-electron chi connectivity index (χ0n) is 18.7. The second kappa shape index (κ2) is 9.95. The fourth-order valence-electron chi connectivity index (χ4n) is 4.50. The SMILES string of the molecule is O=C(NCc1ccccn1)C1CCN(C(=O)c2ncn3c2COC(c2ccc(Cl)cc2)C3)CC1. The van der Waals surface area contributed by atoms with E-state index >= 15 is 0 Å². The highest BCUT2D eigenvalue weighted by Crippen LogP contribution is 2.29. The number of ether oxygens (including phenoxy) is 1. The van der Waals surface area contributed by atoms with Crippen molar-refractivity contribution in [1.82, 2.24) is 24.8 Å². The van der Waals surface area contributed by atoms with Crippen LogP contribution in [0.3, 0.4) is 0 Å². The number of rotatable bonds is 5.